The van der Waals surface area contributed by atoms with Crippen LogP contribution >= 0.6 is 11.8 Å². The number of aryl methyl sites for hydroxylation is 1. The first-order valence-corrected chi connectivity index (χ1v) is 6.76. The summed E-state index contributed by atoms with van der Waals surface area (Å²) in [6.45, 7) is 0.274. The van der Waals surface area contributed by atoms with Crippen molar-refractivity contribution in [2.24, 2.45) is 12.8 Å². The van der Waals surface area contributed by atoms with Crippen molar-refractivity contribution in [1.82, 2.24) is 9.78 Å². The molecule has 0 radical (unpaired) electrons. The van der Waals surface area contributed by atoms with Crippen LogP contribution < -0.4 is 5.73 Å². The van der Waals surface area contributed by atoms with Gasteiger partial charge < -0.3 is 5.73 Å². The summed E-state index contributed by atoms with van der Waals surface area (Å²) in [5.41, 5.74) is 6.87. The number of nitrogens with two attached hydrogens (primary N) is 1. The van der Waals surface area contributed by atoms with E-state index in [4.69, 9.17) is 5.73 Å². The predicted molar refractivity (Wildman–Crippen MR) is 75.1 cm³/mol. The molecule has 2 N–H and O–H groups in total. The van der Waals surface area contributed by atoms with Crippen LogP contribution in [-0.4, -0.2) is 16.3 Å². The van der Waals surface area contributed by atoms with Gasteiger partial charge in [-0.15, -0.1) is 11.8 Å². The fourth-order valence-electron chi connectivity index (χ4n) is 1.60. The van der Waals surface area contributed by atoms with Crippen LogP contribution in [0, 0.1) is 17.7 Å². The summed E-state index contributed by atoms with van der Waals surface area (Å²) in [4.78, 5) is 1.06. The van der Waals surface area contributed by atoms with Crippen molar-refractivity contribution in [3.05, 3.63) is 47.5 Å². The Bertz CT molecular complexity index is 625. The molecule has 0 saturated carbocycles. The van der Waals surface area contributed by atoms with Gasteiger partial charge in [0.05, 0.1) is 12.7 Å². The highest BCUT2D eigenvalue weighted by Gasteiger charge is 2.02. The van der Waals surface area contributed by atoms with Crippen molar-refractivity contribution in [1.29, 1.82) is 0 Å². The van der Waals surface area contributed by atoms with Gasteiger partial charge in [0.15, 0.2) is 0 Å². The van der Waals surface area contributed by atoms with Gasteiger partial charge in [0, 0.05) is 29.5 Å². The van der Waals surface area contributed by atoms with E-state index < -0.39 is 0 Å². The van der Waals surface area contributed by atoms with Crippen molar-refractivity contribution < 1.29 is 4.39 Å². The lowest BCUT2D eigenvalue weighted by molar-refractivity contribution is 0.626. The van der Waals surface area contributed by atoms with Gasteiger partial charge in [-0.25, -0.2) is 4.39 Å². The van der Waals surface area contributed by atoms with Gasteiger partial charge in [-0.05, 0) is 23.8 Å². The Kier molecular flexibility index (Phi) is 4.61. The zero-order chi connectivity index (χ0) is 13.7. The molecule has 19 heavy (non-hydrogen) atoms. The number of hydrogen-bond acceptors (Lipinski definition) is 3. The molecule has 0 fully saturated rings. The Labute approximate surface area is 116 Å². The van der Waals surface area contributed by atoms with E-state index in [9.17, 15) is 4.39 Å². The molecular weight excluding hydrogens is 261 g/mol. The second kappa shape index (κ2) is 6.41. The second-order valence-electron chi connectivity index (χ2n) is 3.99. The molecule has 0 aliphatic carbocycles. The van der Waals surface area contributed by atoms with E-state index in [1.807, 2.05) is 19.3 Å². The third-order valence-corrected chi connectivity index (χ3v) is 3.40. The fourth-order valence-corrected chi connectivity index (χ4v) is 2.45. The highest BCUT2D eigenvalue weighted by molar-refractivity contribution is 7.98. The van der Waals surface area contributed by atoms with Crippen molar-refractivity contribution >= 4 is 11.8 Å². The average Bonchev–Trinajstić information content (AvgIpc) is 2.79. The van der Waals surface area contributed by atoms with E-state index in [1.54, 1.807) is 22.6 Å². The summed E-state index contributed by atoms with van der Waals surface area (Å²) in [6, 6.07) is 4.83. The highest BCUT2D eigenvalue weighted by atomic mass is 32.2. The molecule has 5 heteroatoms. The largest absolute Gasteiger partial charge is 0.320 e. The van der Waals surface area contributed by atoms with Crippen molar-refractivity contribution in [3.63, 3.8) is 0 Å². The summed E-state index contributed by atoms with van der Waals surface area (Å²) in [5, 5.41) is 4.09. The second-order valence-corrected chi connectivity index (χ2v) is 5.04. The number of benzene rings is 1. The van der Waals surface area contributed by atoms with Gasteiger partial charge in [0.2, 0.25) is 0 Å². The lowest BCUT2D eigenvalue weighted by atomic mass is 10.1. The van der Waals surface area contributed by atoms with E-state index in [1.165, 1.54) is 12.1 Å². The quantitative estimate of drug-likeness (QED) is 0.689. The molecule has 98 valence electrons. The van der Waals surface area contributed by atoms with E-state index in [-0.39, 0.29) is 12.4 Å². The summed E-state index contributed by atoms with van der Waals surface area (Å²) < 4.78 is 15.2. The number of rotatable bonds is 3. The molecular formula is C14H14FN3S. The van der Waals surface area contributed by atoms with Gasteiger partial charge in [-0.2, -0.15) is 5.10 Å². The molecule has 0 bridgehead atoms. The summed E-state index contributed by atoms with van der Waals surface area (Å²) in [6.07, 6.45) is 3.72. The van der Waals surface area contributed by atoms with Crippen molar-refractivity contribution in [3.8, 4) is 11.8 Å². The molecule has 2 rings (SSSR count). The minimum absolute atomic E-state index is 0.273. The van der Waals surface area contributed by atoms with Gasteiger partial charge in [0.25, 0.3) is 0 Å². The number of aromatic nitrogens is 2. The molecule has 2 aromatic rings. The van der Waals surface area contributed by atoms with E-state index in [2.05, 4.69) is 16.9 Å². The zero-order valence-electron chi connectivity index (χ0n) is 10.6. The Morgan fingerprint density at radius 2 is 2.26 bits per heavy atom. The van der Waals surface area contributed by atoms with Gasteiger partial charge in [0.1, 0.15) is 5.82 Å². The summed E-state index contributed by atoms with van der Waals surface area (Å²) in [5.74, 6) is 5.98. The molecule has 0 aliphatic heterocycles. The topological polar surface area (TPSA) is 43.8 Å². The lowest BCUT2D eigenvalue weighted by Gasteiger charge is -2.01. The SMILES string of the molecule is Cn1cc(SCc2cc(F)cc(C#CCN)c2)cn1. The van der Waals surface area contributed by atoms with Crippen LogP contribution in [0.4, 0.5) is 4.39 Å². The molecule has 0 spiro atoms. The van der Waals surface area contributed by atoms with E-state index in [0.717, 1.165) is 10.5 Å². The van der Waals surface area contributed by atoms with Gasteiger partial charge in [-0.1, -0.05) is 11.8 Å². The smallest absolute Gasteiger partial charge is 0.124 e. The first kappa shape index (κ1) is 13.7. The molecule has 1 heterocycles. The average molecular weight is 275 g/mol. The number of nitrogens with zero attached hydrogens (tertiary/aromatic N) is 2. The Balaban J connectivity index is 2.09. The third-order valence-electron chi connectivity index (χ3n) is 2.38. The number of thioether (sulfide) groups is 1. The van der Waals surface area contributed by atoms with Gasteiger partial charge in [-0.3, -0.25) is 4.68 Å². The molecule has 0 aliphatic rings. The predicted octanol–water partition coefficient (Wildman–Crippen LogP) is 2.16. The minimum Gasteiger partial charge on any atom is -0.320 e. The van der Waals surface area contributed by atoms with Crippen LogP contribution in [0.2, 0.25) is 0 Å². The Morgan fingerprint density at radius 3 is 2.95 bits per heavy atom. The zero-order valence-corrected chi connectivity index (χ0v) is 11.4. The van der Waals surface area contributed by atoms with Crippen LogP contribution in [0.15, 0.2) is 35.5 Å². The molecule has 0 amide bonds. The minimum atomic E-state index is -0.273. The molecule has 0 atom stereocenters. The van der Waals surface area contributed by atoms with Crippen LogP contribution in [0.3, 0.4) is 0 Å². The molecule has 1 aromatic carbocycles. The maximum Gasteiger partial charge on any atom is 0.124 e. The maximum atomic E-state index is 13.5. The molecule has 3 nitrogen and oxygen atoms in total. The van der Waals surface area contributed by atoms with Crippen LogP contribution in [-0.2, 0) is 12.8 Å². The van der Waals surface area contributed by atoms with E-state index in [0.29, 0.717) is 11.3 Å². The molecule has 0 saturated heterocycles. The van der Waals surface area contributed by atoms with Gasteiger partial charge >= 0.3 is 0 Å². The monoisotopic (exact) mass is 275 g/mol. The first-order chi connectivity index (χ1) is 9.17. The summed E-state index contributed by atoms with van der Waals surface area (Å²) >= 11 is 1.61. The van der Waals surface area contributed by atoms with Crippen LogP contribution in [0.1, 0.15) is 11.1 Å². The summed E-state index contributed by atoms with van der Waals surface area (Å²) in [7, 11) is 1.87. The normalized spacial score (nSPS) is 10.1. The highest BCUT2D eigenvalue weighted by Crippen LogP contribution is 2.22. The van der Waals surface area contributed by atoms with Crippen molar-refractivity contribution in [2.45, 2.75) is 10.6 Å². The lowest BCUT2D eigenvalue weighted by Crippen LogP contribution is -1.93. The van der Waals surface area contributed by atoms with Crippen LogP contribution in [0.25, 0.3) is 0 Å². The number of halogens is 1. The van der Waals surface area contributed by atoms with E-state index >= 15 is 0 Å². The van der Waals surface area contributed by atoms with Crippen molar-refractivity contribution in [2.75, 3.05) is 6.54 Å². The Morgan fingerprint density at radius 1 is 1.42 bits per heavy atom. The standard InChI is InChI=1S/C14H14FN3S/c1-18-9-14(8-17-18)19-10-12-5-11(3-2-4-16)6-13(15)7-12/h5-9H,4,10,16H2,1H3. The van der Waals surface area contributed by atoms with Crippen LogP contribution in [0.5, 0.6) is 0 Å². The third kappa shape index (κ3) is 4.12. The first-order valence-electron chi connectivity index (χ1n) is 5.77. The maximum absolute atomic E-state index is 13.5. The molecule has 0 unspecified atom stereocenters. The Hall–Kier alpha value is -1.77. The molecule has 1 aromatic heterocycles. The fraction of sp³-hybridized carbons (Fsp3) is 0.214. The number of hydrogen-bond donors (Lipinski definition) is 1.